The van der Waals surface area contributed by atoms with Crippen molar-refractivity contribution in [2.75, 3.05) is 0 Å². The highest BCUT2D eigenvalue weighted by molar-refractivity contribution is 5.85. The number of benzene rings is 1. The molecular weight excluding hydrogens is 217 g/mol. The van der Waals surface area contributed by atoms with Crippen molar-refractivity contribution >= 4 is 5.71 Å². The van der Waals surface area contributed by atoms with Crippen LogP contribution in [0.25, 0.3) is 0 Å². The third kappa shape index (κ3) is 3.06. The molecule has 1 aromatic rings. The number of alkyl halides is 2. The van der Waals surface area contributed by atoms with Gasteiger partial charge in [0.25, 0.3) is 6.43 Å². The first-order chi connectivity index (χ1) is 7.41. The minimum absolute atomic E-state index is 0.172. The van der Waals surface area contributed by atoms with Gasteiger partial charge in [0.2, 0.25) is 0 Å². The average Bonchev–Trinajstić information content (AvgIpc) is 2.21. The zero-order chi connectivity index (χ0) is 12.3. The highest BCUT2D eigenvalue weighted by Crippen LogP contribution is 2.20. The van der Waals surface area contributed by atoms with E-state index in [1.807, 2.05) is 0 Å². The molecule has 0 aromatic heterocycles. The summed E-state index contributed by atoms with van der Waals surface area (Å²) in [6.07, 6.45) is -3.17. The molecule has 88 valence electrons. The van der Waals surface area contributed by atoms with Crippen molar-refractivity contribution in [3.63, 3.8) is 0 Å². The van der Waals surface area contributed by atoms with Crippen LogP contribution < -0.4 is 5.73 Å². The molecule has 0 amide bonds. The van der Waals surface area contributed by atoms with Crippen molar-refractivity contribution in [1.82, 2.24) is 0 Å². The maximum absolute atomic E-state index is 13.3. The Kier molecular flexibility index (Phi) is 4.06. The van der Waals surface area contributed by atoms with E-state index in [1.165, 1.54) is 12.1 Å². The molecule has 0 radical (unpaired) electrons. The Morgan fingerprint density at radius 3 is 2.62 bits per heavy atom. The third-order valence-electron chi connectivity index (χ3n) is 2.25. The molecule has 0 aliphatic rings. The standard InChI is InChI=1S/C11H13F3N2/c1-6-2-3-8(12)7(4-6)9(15)5-10(16)11(13)14/h2-4,9,11,16H,5,15H2,1H3. The van der Waals surface area contributed by atoms with Gasteiger partial charge in [-0.3, -0.25) is 0 Å². The highest BCUT2D eigenvalue weighted by Gasteiger charge is 2.18. The molecular formula is C11H13F3N2. The van der Waals surface area contributed by atoms with E-state index in [2.05, 4.69) is 0 Å². The van der Waals surface area contributed by atoms with Crippen LogP contribution in [0.15, 0.2) is 18.2 Å². The Balaban J connectivity index is 2.84. The number of halogens is 3. The number of hydrogen-bond acceptors (Lipinski definition) is 2. The van der Waals surface area contributed by atoms with Crippen LogP contribution >= 0.6 is 0 Å². The normalized spacial score (nSPS) is 12.9. The van der Waals surface area contributed by atoms with Crippen molar-refractivity contribution in [2.45, 2.75) is 25.8 Å². The van der Waals surface area contributed by atoms with E-state index >= 15 is 0 Å². The Morgan fingerprint density at radius 1 is 1.44 bits per heavy atom. The van der Waals surface area contributed by atoms with Gasteiger partial charge in [0.15, 0.2) is 0 Å². The van der Waals surface area contributed by atoms with E-state index in [4.69, 9.17) is 11.1 Å². The van der Waals surface area contributed by atoms with E-state index in [9.17, 15) is 13.2 Å². The summed E-state index contributed by atoms with van der Waals surface area (Å²) in [4.78, 5) is 0. The molecule has 1 aromatic carbocycles. The predicted octanol–water partition coefficient (Wildman–Crippen LogP) is 2.81. The van der Waals surface area contributed by atoms with E-state index < -0.39 is 24.0 Å². The largest absolute Gasteiger partial charge is 0.324 e. The van der Waals surface area contributed by atoms with Gasteiger partial charge in [0, 0.05) is 18.0 Å². The van der Waals surface area contributed by atoms with Crippen LogP contribution in [-0.4, -0.2) is 12.1 Å². The number of aryl methyl sites for hydroxylation is 1. The number of nitrogens with two attached hydrogens (primary N) is 1. The van der Waals surface area contributed by atoms with E-state index in [1.54, 1.807) is 13.0 Å². The Morgan fingerprint density at radius 2 is 2.06 bits per heavy atom. The fraction of sp³-hybridized carbons (Fsp3) is 0.364. The van der Waals surface area contributed by atoms with Crippen molar-refractivity contribution in [3.05, 3.63) is 35.1 Å². The smallest absolute Gasteiger partial charge is 0.275 e. The maximum atomic E-state index is 13.3. The highest BCUT2D eigenvalue weighted by atomic mass is 19.3. The van der Waals surface area contributed by atoms with E-state index in [0.29, 0.717) is 0 Å². The lowest BCUT2D eigenvalue weighted by Gasteiger charge is -2.14. The molecule has 0 fully saturated rings. The lowest BCUT2D eigenvalue weighted by Crippen LogP contribution is -2.20. The summed E-state index contributed by atoms with van der Waals surface area (Å²) in [5.74, 6) is -0.528. The van der Waals surface area contributed by atoms with E-state index in [0.717, 1.165) is 5.56 Å². The zero-order valence-electron chi connectivity index (χ0n) is 8.81. The quantitative estimate of drug-likeness (QED) is 0.768. The molecule has 5 heteroatoms. The van der Waals surface area contributed by atoms with E-state index in [-0.39, 0.29) is 12.0 Å². The summed E-state index contributed by atoms with van der Waals surface area (Å²) in [7, 11) is 0. The van der Waals surface area contributed by atoms with Gasteiger partial charge in [-0.15, -0.1) is 0 Å². The maximum Gasteiger partial charge on any atom is 0.275 e. The van der Waals surface area contributed by atoms with Gasteiger partial charge in [-0.1, -0.05) is 17.7 Å². The van der Waals surface area contributed by atoms with Gasteiger partial charge in [-0.25, -0.2) is 13.2 Å². The summed E-state index contributed by atoms with van der Waals surface area (Å²) in [6, 6.07) is 3.43. The second-order valence-electron chi connectivity index (χ2n) is 3.66. The molecule has 0 bridgehead atoms. The molecule has 16 heavy (non-hydrogen) atoms. The molecule has 1 atom stereocenters. The zero-order valence-corrected chi connectivity index (χ0v) is 8.81. The summed E-state index contributed by atoms with van der Waals surface area (Å²) >= 11 is 0. The third-order valence-corrected chi connectivity index (χ3v) is 2.25. The first kappa shape index (κ1) is 12.7. The molecule has 1 unspecified atom stereocenters. The minimum Gasteiger partial charge on any atom is -0.324 e. The Hall–Kier alpha value is -1.36. The van der Waals surface area contributed by atoms with Gasteiger partial charge >= 0.3 is 0 Å². The molecule has 0 saturated carbocycles. The van der Waals surface area contributed by atoms with Crippen LogP contribution in [0.1, 0.15) is 23.6 Å². The fourth-order valence-electron chi connectivity index (χ4n) is 1.38. The van der Waals surface area contributed by atoms with Crippen LogP contribution in [0.5, 0.6) is 0 Å². The molecule has 0 saturated heterocycles. The summed E-state index contributed by atoms with van der Waals surface area (Å²) in [5, 5.41) is 6.99. The SMILES string of the molecule is Cc1ccc(F)c(C(N)CC(=N)C(F)F)c1. The molecule has 0 aliphatic carbocycles. The lowest BCUT2D eigenvalue weighted by molar-refractivity contribution is 0.220. The van der Waals surface area contributed by atoms with Crippen LogP contribution in [0.4, 0.5) is 13.2 Å². The summed E-state index contributed by atoms with van der Waals surface area (Å²) in [6.45, 7) is 1.76. The van der Waals surface area contributed by atoms with Gasteiger partial charge in [0.05, 0.1) is 5.71 Å². The van der Waals surface area contributed by atoms with Crippen LogP contribution in [0.3, 0.4) is 0 Å². The minimum atomic E-state index is -2.83. The number of nitrogens with one attached hydrogen (secondary N) is 1. The molecule has 1 rings (SSSR count). The second-order valence-corrected chi connectivity index (χ2v) is 3.66. The lowest BCUT2D eigenvalue weighted by atomic mass is 10.00. The number of rotatable bonds is 4. The average molecular weight is 230 g/mol. The fourth-order valence-corrected chi connectivity index (χ4v) is 1.38. The molecule has 0 aliphatic heterocycles. The number of hydrogen-bond donors (Lipinski definition) is 2. The molecule has 0 heterocycles. The van der Waals surface area contributed by atoms with Crippen LogP contribution in [0, 0.1) is 18.2 Å². The van der Waals surface area contributed by atoms with Gasteiger partial charge in [0.1, 0.15) is 5.82 Å². The summed E-state index contributed by atoms with van der Waals surface area (Å²) < 4.78 is 37.6. The Labute approximate surface area is 91.8 Å². The van der Waals surface area contributed by atoms with Crippen molar-refractivity contribution in [1.29, 1.82) is 5.41 Å². The molecule has 2 nitrogen and oxygen atoms in total. The van der Waals surface area contributed by atoms with Gasteiger partial charge in [-0.2, -0.15) is 0 Å². The first-order valence-electron chi connectivity index (χ1n) is 4.79. The van der Waals surface area contributed by atoms with Crippen molar-refractivity contribution in [3.8, 4) is 0 Å². The van der Waals surface area contributed by atoms with Gasteiger partial charge < -0.3 is 11.1 Å². The Bertz CT molecular complexity index is 391. The van der Waals surface area contributed by atoms with Crippen molar-refractivity contribution < 1.29 is 13.2 Å². The topological polar surface area (TPSA) is 49.9 Å². The monoisotopic (exact) mass is 230 g/mol. The predicted molar refractivity (Wildman–Crippen MR) is 56.4 cm³/mol. The molecule has 0 spiro atoms. The second kappa shape index (κ2) is 5.12. The van der Waals surface area contributed by atoms with Crippen molar-refractivity contribution in [2.24, 2.45) is 5.73 Å². The summed E-state index contributed by atoms with van der Waals surface area (Å²) in [5.41, 5.74) is 5.79. The first-order valence-corrected chi connectivity index (χ1v) is 4.79. The molecule has 3 N–H and O–H groups in total. The van der Waals surface area contributed by atoms with Crippen LogP contribution in [-0.2, 0) is 0 Å². The van der Waals surface area contributed by atoms with Gasteiger partial charge in [-0.05, 0) is 13.0 Å². The van der Waals surface area contributed by atoms with Crippen LogP contribution in [0.2, 0.25) is 0 Å².